The van der Waals surface area contributed by atoms with Gasteiger partial charge in [-0.3, -0.25) is 9.52 Å². The minimum absolute atomic E-state index is 0.0966. The van der Waals surface area contributed by atoms with E-state index >= 15 is 0 Å². The topological polar surface area (TPSA) is 93.5 Å². The molecule has 0 saturated carbocycles. The number of benzene rings is 1. The third-order valence-corrected chi connectivity index (χ3v) is 5.26. The van der Waals surface area contributed by atoms with Gasteiger partial charge in [-0.1, -0.05) is 0 Å². The summed E-state index contributed by atoms with van der Waals surface area (Å²) < 4.78 is 58.3. The molecule has 1 aliphatic heterocycles. The largest absolute Gasteiger partial charge is 0.482 e. The van der Waals surface area contributed by atoms with Crippen LogP contribution in [-0.2, 0) is 14.8 Å². The number of carbonyl (C=O) groups is 1. The number of anilines is 2. The van der Waals surface area contributed by atoms with Crippen LogP contribution >= 0.6 is 0 Å². The number of likely N-dealkylation sites (N-methyl/N-ethyl adjacent to an activating group) is 1. The van der Waals surface area contributed by atoms with E-state index in [4.69, 9.17) is 4.74 Å². The number of halogens is 2. The highest BCUT2D eigenvalue weighted by Gasteiger charge is 2.26. The Morgan fingerprint density at radius 3 is 2.72 bits per heavy atom. The molecule has 1 aliphatic rings. The molecule has 25 heavy (non-hydrogen) atoms. The van der Waals surface area contributed by atoms with Crippen LogP contribution in [0.4, 0.5) is 20.2 Å². The fraction of sp³-hybridized carbons (Fsp3) is 0.286. The summed E-state index contributed by atoms with van der Waals surface area (Å²) in [7, 11) is -2.58. The minimum Gasteiger partial charge on any atom is -0.482 e. The molecule has 0 saturated heterocycles. The quantitative estimate of drug-likeness (QED) is 0.882. The van der Waals surface area contributed by atoms with E-state index in [9.17, 15) is 22.0 Å². The first-order valence-electron chi connectivity index (χ1n) is 7.09. The van der Waals surface area contributed by atoms with Crippen molar-refractivity contribution in [3.63, 3.8) is 0 Å². The fourth-order valence-corrected chi connectivity index (χ4v) is 3.63. The lowest BCUT2D eigenvalue weighted by atomic mass is 10.2. The summed E-state index contributed by atoms with van der Waals surface area (Å²) in [6, 6.07) is 4.40. The molecule has 1 aromatic carbocycles. The van der Waals surface area contributed by atoms with Gasteiger partial charge in [0.1, 0.15) is 10.6 Å². The van der Waals surface area contributed by atoms with Crippen LogP contribution < -0.4 is 14.4 Å². The third kappa shape index (κ3) is 3.02. The first-order valence-corrected chi connectivity index (χ1v) is 8.57. The van der Waals surface area contributed by atoms with Crippen molar-refractivity contribution in [3.8, 4) is 5.75 Å². The van der Waals surface area contributed by atoms with Crippen molar-refractivity contribution in [2.45, 2.75) is 18.4 Å². The molecular formula is C14H14F2N4O4S. The normalized spacial score (nSPS) is 14.4. The molecule has 0 atom stereocenters. The zero-order valence-corrected chi connectivity index (χ0v) is 14.0. The maximum atomic E-state index is 12.8. The molecular weight excluding hydrogens is 358 g/mol. The summed E-state index contributed by atoms with van der Waals surface area (Å²) in [6.45, 7) is -1.80. The molecule has 1 N–H and O–H groups in total. The number of nitrogens with zero attached hydrogens (tertiary/aromatic N) is 3. The molecule has 0 fully saturated rings. The molecule has 2 heterocycles. The summed E-state index contributed by atoms with van der Waals surface area (Å²) in [5.41, 5.74) is 0.376. The number of rotatable bonds is 4. The summed E-state index contributed by atoms with van der Waals surface area (Å²) in [5, 5.41) is 3.39. The van der Waals surface area contributed by atoms with Gasteiger partial charge < -0.3 is 9.64 Å². The van der Waals surface area contributed by atoms with Crippen LogP contribution in [0.15, 0.2) is 29.3 Å². The molecule has 1 aromatic heterocycles. The van der Waals surface area contributed by atoms with Crippen LogP contribution in [0.5, 0.6) is 5.75 Å². The Morgan fingerprint density at radius 2 is 2.08 bits per heavy atom. The Hall–Kier alpha value is -2.69. The number of fused-ring (bicyclic) bond motifs is 1. The second-order valence-corrected chi connectivity index (χ2v) is 7.00. The Labute approximate surface area is 142 Å². The molecule has 2 aromatic rings. The maximum Gasteiger partial charge on any atom is 0.333 e. The lowest BCUT2D eigenvalue weighted by molar-refractivity contribution is -0.120. The predicted molar refractivity (Wildman–Crippen MR) is 84.4 cm³/mol. The number of ether oxygens (including phenoxy) is 1. The van der Waals surface area contributed by atoms with Gasteiger partial charge in [0.25, 0.3) is 15.9 Å². The number of sulfonamides is 1. The summed E-state index contributed by atoms with van der Waals surface area (Å²) in [6.07, 6.45) is 0.862. The molecule has 1 amide bonds. The second kappa shape index (κ2) is 5.99. The SMILES string of the molecule is Cc1c(S(=O)(=O)Nc2ccc3c(c2)N(C)C(=O)CO3)cnn1C(F)F. The lowest BCUT2D eigenvalue weighted by Gasteiger charge is -2.26. The molecule has 8 nitrogen and oxygen atoms in total. The van der Waals surface area contributed by atoms with Gasteiger partial charge >= 0.3 is 6.55 Å². The molecule has 0 aliphatic carbocycles. The monoisotopic (exact) mass is 372 g/mol. The Kier molecular flexibility index (Phi) is 4.11. The first-order chi connectivity index (χ1) is 11.7. The van der Waals surface area contributed by atoms with E-state index in [-0.39, 0.29) is 28.8 Å². The average Bonchev–Trinajstić information content (AvgIpc) is 2.94. The first kappa shape index (κ1) is 17.1. The molecule has 0 radical (unpaired) electrons. The highest BCUT2D eigenvalue weighted by Crippen LogP contribution is 2.34. The number of amides is 1. The second-order valence-electron chi connectivity index (χ2n) is 5.35. The fourth-order valence-electron chi connectivity index (χ4n) is 2.41. The van der Waals surface area contributed by atoms with Crippen molar-refractivity contribution in [2.24, 2.45) is 0 Å². The highest BCUT2D eigenvalue weighted by atomic mass is 32.2. The number of alkyl halides is 2. The average molecular weight is 372 g/mol. The Morgan fingerprint density at radius 1 is 1.36 bits per heavy atom. The van der Waals surface area contributed by atoms with Crippen LogP contribution in [-0.4, -0.2) is 37.8 Å². The van der Waals surface area contributed by atoms with Gasteiger partial charge in [0.2, 0.25) is 0 Å². The summed E-state index contributed by atoms with van der Waals surface area (Å²) >= 11 is 0. The molecule has 3 rings (SSSR count). The van der Waals surface area contributed by atoms with Crippen LogP contribution in [0.3, 0.4) is 0 Å². The number of hydrogen-bond donors (Lipinski definition) is 1. The van der Waals surface area contributed by atoms with Crippen molar-refractivity contribution < 1.29 is 26.7 Å². The van der Waals surface area contributed by atoms with E-state index in [1.54, 1.807) is 7.05 Å². The van der Waals surface area contributed by atoms with Gasteiger partial charge in [0, 0.05) is 7.05 Å². The van der Waals surface area contributed by atoms with Crippen molar-refractivity contribution in [3.05, 3.63) is 30.1 Å². The standard InChI is InChI=1S/C14H14F2N4O4S/c1-8-12(6-17-20(8)14(15)16)25(22,23)18-9-3-4-11-10(5-9)19(2)13(21)7-24-11/h3-6,14,18H,7H2,1-2H3. The van der Waals surface area contributed by atoms with E-state index in [1.165, 1.54) is 30.0 Å². The maximum absolute atomic E-state index is 12.8. The number of nitrogens with one attached hydrogen (secondary N) is 1. The van der Waals surface area contributed by atoms with E-state index in [0.717, 1.165) is 6.20 Å². The van der Waals surface area contributed by atoms with Crippen molar-refractivity contribution in [2.75, 3.05) is 23.3 Å². The Balaban J connectivity index is 1.93. The highest BCUT2D eigenvalue weighted by molar-refractivity contribution is 7.92. The molecule has 0 spiro atoms. The van der Waals surface area contributed by atoms with E-state index in [0.29, 0.717) is 16.1 Å². The van der Waals surface area contributed by atoms with Crippen LogP contribution in [0, 0.1) is 6.92 Å². The van der Waals surface area contributed by atoms with E-state index < -0.39 is 16.6 Å². The number of carbonyl (C=O) groups excluding carboxylic acids is 1. The van der Waals surface area contributed by atoms with Crippen molar-refractivity contribution in [1.29, 1.82) is 0 Å². The Bertz CT molecular complexity index is 942. The lowest BCUT2D eigenvalue weighted by Crippen LogP contribution is -2.35. The summed E-state index contributed by atoms with van der Waals surface area (Å²) in [4.78, 5) is 12.7. The molecule has 0 bridgehead atoms. The van der Waals surface area contributed by atoms with Gasteiger partial charge in [0.15, 0.2) is 6.61 Å². The van der Waals surface area contributed by atoms with Crippen molar-refractivity contribution >= 4 is 27.3 Å². The van der Waals surface area contributed by atoms with Gasteiger partial charge in [-0.05, 0) is 25.1 Å². The van der Waals surface area contributed by atoms with E-state index in [1.807, 2.05) is 0 Å². The van der Waals surface area contributed by atoms with E-state index in [2.05, 4.69) is 9.82 Å². The third-order valence-electron chi connectivity index (χ3n) is 3.77. The molecule has 11 heteroatoms. The molecule has 0 unspecified atom stereocenters. The zero-order chi connectivity index (χ0) is 18.4. The predicted octanol–water partition coefficient (Wildman–Crippen LogP) is 1.74. The summed E-state index contributed by atoms with van der Waals surface area (Å²) in [5.74, 6) is 0.160. The molecule has 134 valence electrons. The van der Waals surface area contributed by atoms with Gasteiger partial charge in [-0.2, -0.15) is 13.9 Å². The smallest absolute Gasteiger partial charge is 0.333 e. The van der Waals surface area contributed by atoms with Crippen LogP contribution in [0.1, 0.15) is 12.2 Å². The van der Waals surface area contributed by atoms with Gasteiger partial charge in [0.05, 0.1) is 23.3 Å². The van der Waals surface area contributed by atoms with Crippen molar-refractivity contribution in [1.82, 2.24) is 9.78 Å². The zero-order valence-electron chi connectivity index (χ0n) is 13.2. The van der Waals surface area contributed by atoms with Gasteiger partial charge in [-0.25, -0.2) is 13.1 Å². The van der Waals surface area contributed by atoms with Gasteiger partial charge in [-0.15, -0.1) is 0 Å². The minimum atomic E-state index is -4.13. The number of hydrogen-bond acceptors (Lipinski definition) is 5. The number of aromatic nitrogens is 2. The van der Waals surface area contributed by atoms with Crippen LogP contribution in [0.2, 0.25) is 0 Å². The van der Waals surface area contributed by atoms with Crippen LogP contribution in [0.25, 0.3) is 0 Å².